The third-order valence-electron chi connectivity index (χ3n) is 4.30. The molecule has 20 heavy (non-hydrogen) atoms. The van der Waals surface area contributed by atoms with Gasteiger partial charge in [-0.05, 0) is 25.7 Å². The molecule has 0 amide bonds. The molecule has 4 nitrogen and oxygen atoms in total. The standard InChI is InChI=1S/C15H23N3OS/c20-14-9-13(16-10-12-7-4-8-19-12)17-15(18-14)11-5-2-1-3-6-11/h9,11-12H,1-8,10H2,(H2,16,17,18,20). The first-order valence-corrected chi connectivity index (χ1v) is 8.19. The Morgan fingerprint density at radius 1 is 1.25 bits per heavy atom. The van der Waals surface area contributed by atoms with E-state index in [0.29, 0.717) is 16.7 Å². The number of anilines is 1. The molecule has 1 saturated carbocycles. The third-order valence-corrected chi connectivity index (χ3v) is 4.51. The minimum Gasteiger partial charge on any atom is -0.376 e. The van der Waals surface area contributed by atoms with Crippen LogP contribution in [0.25, 0.3) is 0 Å². The van der Waals surface area contributed by atoms with Crippen molar-refractivity contribution in [3.05, 3.63) is 16.5 Å². The molecular formula is C15H23N3OS. The van der Waals surface area contributed by atoms with Gasteiger partial charge in [-0.3, -0.25) is 0 Å². The molecule has 1 aliphatic heterocycles. The number of hydrogen-bond acceptors (Lipinski definition) is 4. The van der Waals surface area contributed by atoms with Crippen molar-refractivity contribution in [1.82, 2.24) is 9.97 Å². The SMILES string of the molecule is S=c1cc(NCC2CCCO2)[nH]c(C2CCCCC2)n1. The van der Waals surface area contributed by atoms with Gasteiger partial charge in [0.05, 0.1) is 6.10 Å². The van der Waals surface area contributed by atoms with Crippen LogP contribution in [0.15, 0.2) is 6.07 Å². The van der Waals surface area contributed by atoms with Crippen molar-refractivity contribution < 1.29 is 4.74 Å². The largest absolute Gasteiger partial charge is 0.376 e. The number of nitrogens with one attached hydrogen (secondary N) is 2. The summed E-state index contributed by atoms with van der Waals surface area (Å²) in [7, 11) is 0. The quantitative estimate of drug-likeness (QED) is 0.830. The van der Waals surface area contributed by atoms with Gasteiger partial charge in [0.15, 0.2) is 0 Å². The van der Waals surface area contributed by atoms with Crippen LogP contribution in [0.5, 0.6) is 0 Å². The first kappa shape index (κ1) is 14.0. The van der Waals surface area contributed by atoms with E-state index in [1.54, 1.807) is 0 Å². The molecule has 2 N–H and O–H groups in total. The van der Waals surface area contributed by atoms with E-state index >= 15 is 0 Å². The summed E-state index contributed by atoms with van der Waals surface area (Å²) >= 11 is 5.30. The van der Waals surface area contributed by atoms with E-state index in [1.807, 2.05) is 6.07 Å². The monoisotopic (exact) mass is 293 g/mol. The van der Waals surface area contributed by atoms with Crippen molar-refractivity contribution >= 4 is 18.0 Å². The molecular weight excluding hydrogens is 270 g/mol. The lowest BCUT2D eigenvalue weighted by Crippen LogP contribution is -2.19. The number of rotatable bonds is 4. The molecule has 0 radical (unpaired) electrons. The van der Waals surface area contributed by atoms with Crippen LogP contribution in [-0.2, 0) is 4.74 Å². The summed E-state index contributed by atoms with van der Waals surface area (Å²) in [5.74, 6) is 2.60. The predicted molar refractivity (Wildman–Crippen MR) is 82.7 cm³/mol. The fourth-order valence-electron chi connectivity index (χ4n) is 3.17. The Hall–Kier alpha value is -0.940. The zero-order valence-corrected chi connectivity index (χ0v) is 12.7. The van der Waals surface area contributed by atoms with Gasteiger partial charge in [0.1, 0.15) is 16.3 Å². The first-order valence-electron chi connectivity index (χ1n) is 7.78. The Labute approximate surface area is 125 Å². The average Bonchev–Trinajstić information content (AvgIpc) is 2.99. The molecule has 5 heteroatoms. The summed E-state index contributed by atoms with van der Waals surface area (Å²) in [5, 5.41) is 3.42. The second-order valence-corrected chi connectivity index (χ2v) is 6.29. The molecule has 1 aromatic heterocycles. The normalized spacial score (nSPS) is 23.9. The van der Waals surface area contributed by atoms with Gasteiger partial charge in [-0.15, -0.1) is 0 Å². The molecule has 1 unspecified atom stereocenters. The van der Waals surface area contributed by atoms with Gasteiger partial charge in [-0.25, -0.2) is 4.98 Å². The van der Waals surface area contributed by atoms with Crippen molar-refractivity contribution in [3.8, 4) is 0 Å². The molecule has 1 aliphatic carbocycles. The maximum atomic E-state index is 5.63. The highest BCUT2D eigenvalue weighted by atomic mass is 32.1. The third kappa shape index (κ3) is 3.58. The van der Waals surface area contributed by atoms with Gasteiger partial charge in [0, 0.05) is 25.1 Å². The first-order chi connectivity index (χ1) is 9.81. The fraction of sp³-hybridized carbons (Fsp3) is 0.733. The van der Waals surface area contributed by atoms with Crippen LogP contribution in [0.3, 0.4) is 0 Å². The van der Waals surface area contributed by atoms with E-state index in [1.165, 1.54) is 38.5 Å². The van der Waals surface area contributed by atoms with Crippen LogP contribution < -0.4 is 5.32 Å². The highest BCUT2D eigenvalue weighted by molar-refractivity contribution is 7.71. The van der Waals surface area contributed by atoms with Gasteiger partial charge in [0.25, 0.3) is 0 Å². The molecule has 2 fully saturated rings. The molecule has 0 spiro atoms. The van der Waals surface area contributed by atoms with E-state index in [2.05, 4.69) is 15.3 Å². The van der Waals surface area contributed by atoms with E-state index in [4.69, 9.17) is 17.0 Å². The van der Waals surface area contributed by atoms with Crippen molar-refractivity contribution in [2.75, 3.05) is 18.5 Å². The van der Waals surface area contributed by atoms with E-state index in [-0.39, 0.29) is 0 Å². The molecule has 1 atom stereocenters. The van der Waals surface area contributed by atoms with Crippen LogP contribution >= 0.6 is 12.2 Å². The molecule has 0 aromatic carbocycles. The van der Waals surface area contributed by atoms with Crippen LogP contribution in [0, 0.1) is 4.64 Å². The minimum absolute atomic E-state index is 0.336. The van der Waals surface area contributed by atoms with Gasteiger partial charge < -0.3 is 15.0 Å². The molecule has 110 valence electrons. The molecule has 3 rings (SSSR count). The highest BCUT2D eigenvalue weighted by Crippen LogP contribution is 2.31. The molecule has 2 aliphatic rings. The topological polar surface area (TPSA) is 49.9 Å². The van der Waals surface area contributed by atoms with Gasteiger partial charge in [-0.1, -0.05) is 31.5 Å². The molecule has 1 aromatic rings. The Kier molecular flexibility index (Phi) is 4.68. The smallest absolute Gasteiger partial charge is 0.131 e. The summed E-state index contributed by atoms with van der Waals surface area (Å²) in [5.41, 5.74) is 0. The summed E-state index contributed by atoms with van der Waals surface area (Å²) in [4.78, 5) is 7.96. The number of H-pyrrole nitrogens is 1. The van der Waals surface area contributed by atoms with Gasteiger partial charge in [-0.2, -0.15) is 0 Å². The molecule has 0 bridgehead atoms. The van der Waals surface area contributed by atoms with Gasteiger partial charge in [0.2, 0.25) is 0 Å². The number of hydrogen-bond donors (Lipinski definition) is 2. The van der Waals surface area contributed by atoms with Crippen molar-refractivity contribution in [1.29, 1.82) is 0 Å². The van der Waals surface area contributed by atoms with Crippen molar-refractivity contribution in [2.45, 2.75) is 57.0 Å². The summed E-state index contributed by atoms with van der Waals surface area (Å²) in [6.45, 7) is 1.74. The Balaban J connectivity index is 1.67. The Morgan fingerprint density at radius 2 is 2.10 bits per heavy atom. The van der Waals surface area contributed by atoms with Crippen LogP contribution in [-0.4, -0.2) is 29.2 Å². The number of ether oxygens (including phenoxy) is 1. The minimum atomic E-state index is 0.336. The zero-order chi connectivity index (χ0) is 13.8. The average molecular weight is 293 g/mol. The van der Waals surface area contributed by atoms with Crippen molar-refractivity contribution in [3.63, 3.8) is 0 Å². The van der Waals surface area contributed by atoms with Gasteiger partial charge >= 0.3 is 0 Å². The van der Waals surface area contributed by atoms with Crippen LogP contribution in [0.1, 0.15) is 56.7 Å². The summed E-state index contributed by atoms with van der Waals surface area (Å²) in [6.07, 6.45) is 9.08. The van der Waals surface area contributed by atoms with E-state index in [9.17, 15) is 0 Å². The van der Waals surface area contributed by atoms with Crippen LogP contribution in [0.2, 0.25) is 0 Å². The zero-order valence-electron chi connectivity index (χ0n) is 11.9. The Bertz CT molecular complexity index is 490. The van der Waals surface area contributed by atoms with E-state index < -0.39 is 0 Å². The summed E-state index contributed by atoms with van der Waals surface area (Å²) in [6, 6.07) is 1.91. The second kappa shape index (κ2) is 6.68. The second-order valence-electron chi connectivity index (χ2n) is 5.87. The maximum Gasteiger partial charge on any atom is 0.131 e. The lowest BCUT2D eigenvalue weighted by Gasteiger charge is -2.21. The van der Waals surface area contributed by atoms with E-state index in [0.717, 1.165) is 31.2 Å². The molecule has 1 saturated heterocycles. The number of nitrogens with zero attached hydrogens (tertiary/aromatic N) is 1. The number of aromatic amines is 1. The van der Waals surface area contributed by atoms with Crippen LogP contribution in [0.4, 0.5) is 5.82 Å². The lowest BCUT2D eigenvalue weighted by atomic mass is 9.89. The molecule has 2 heterocycles. The lowest BCUT2D eigenvalue weighted by molar-refractivity contribution is 0.120. The van der Waals surface area contributed by atoms with Crippen molar-refractivity contribution in [2.24, 2.45) is 0 Å². The summed E-state index contributed by atoms with van der Waals surface area (Å²) < 4.78 is 6.31. The predicted octanol–water partition coefficient (Wildman–Crippen LogP) is 3.78. The highest BCUT2D eigenvalue weighted by Gasteiger charge is 2.18. The Morgan fingerprint density at radius 3 is 2.85 bits per heavy atom. The number of aromatic nitrogens is 2. The fourth-order valence-corrected chi connectivity index (χ4v) is 3.39. The maximum absolute atomic E-state index is 5.63.